The third kappa shape index (κ3) is 2.72. The molecule has 1 N–H and O–H groups in total. The van der Waals surface area contributed by atoms with Crippen LogP contribution >= 0.6 is 11.6 Å². The molecule has 0 saturated carbocycles. The molecular weight excluding hydrogens is 214 g/mol. The monoisotopic (exact) mass is 229 g/mol. The summed E-state index contributed by atoms with van der Waals surface area (Å²) >= 11 is 6.07. The zero-order valence-corrected chi connectivity index (χ0v) is 10.0. The van der Waals surface area contributed by atoms with E-state index in [0.29, 0.717) is 6.54 Å². The summed E-state index contributed by atoms with van der Waals surface area (Å²) in [5.74, 6) is -0.165. The van der Waals surface area contributed by atoms with Gasteiger partial charge in [0.2, 0.25) is 5.91 Å². The first-order valence-electron chi connectivity index (χ1n) is 5.04. The first kappa shape index (κ1) is 12.0. The molecule has 1 aromatic heterocycles. The molecule has 0 radical (unpaired) electrons. The molecule has 1 unspecified atom stereocenters. The van der Waals surface area contributed by atoms with Crippen LogP contribution in [-0.4, -0.2) is 22.2 Å². The standard InChI is InChI=1S/C10H16ClN3O/c1-4-8-7(6-14(3)13-8)9(11)10(15)12-5-2/h6,9H,4-5H2,1-3H3,(H,12,15). The van der Waals surface area contributed by atoms with Crippen molar-refractivity contribution in [1.29, 1.82) is 0 Å². The van der Waals surface area contributed by atoms with Crippen LogP contribution in [0.2, 0.25) is 0 Å². The average Bonchev–Trinajstić information content (AvgIpc) is 2.58. The SMILES string of the molecule is CCNC(=O)C(Cl)c1cn(C)nc1CC. The molecule has 5 heteroatoms. The summed E-state index contributed by atoms with van der Waals surface area (Å²) in [7, 11) is 1.82. The van der Waals surface area contributed by atoms with Crippen LogP contribution in [0, 0.1) is 0 Å². The van der Waals surface area contributed by atoms with Crippen molar-refractivity contribution < 1.29 is 4.79 Å². The smallest absolute Gasteiger partial charge is 0.242 e. The fourth-order valence-corrected chi connectivity index (χ4v) is 1.70. The highest BCUT2D eigenvalue weighted by Crippen LogP contribution is 2.23. The number of hydrogen-bond donors (Lipinski definition) is 1. The summed E-state index contributed by atoms with van der Waals surface area (Å²) in [6, 6.07) is 0. The molecule has 4 nitrogen and oxygen atoms in total. The van der Waals surface area contributed by atoms with Gasteiger partial charge in [0, 0.05) is 25.4 Å². The van der Waals surface area contributed by atoms with Crippen molar-refractivity contribution in [3.05, 3.63) is 17.5 Å². The number of nitrogens with one attached hydrogen (secondary N) is 1. The zero-order valence-electron chi connectivity index (χ0n) is 9.25. The van der Waals surface area contributed by atoms with Crippen LogP contribution in [0.1, 0.15) is 30.5 Å². The normalized spacial score (nSPS) is 12.5. The van der Waals surface area contributed by atoms with Crippen LogP contribution in [0.25, 0.3) is 0 Å². The molecule has 1 amide bonds. The fourth-order valence-electron chi connectivity index (χ4n) is 1.44. The van der Waals surface area contributed by atoms with E-state index in [-0.39, 0.29) is 5.91 Å². The number of rotatable bonds is 4. The summed E-state index contributed by atoms with van der Waals surface area (Å²) in [4.78, 5) is 11.5. The van der Waals surface area contributed by atoms with E-state index in [1.165, 1.54) is 0 Å². The number of nitrogens with zero attached hydrogens (tertiary/aromatic N) is 2. The van der Waals surface area contributed by atoms with E-state index in [1.807, 2.05) is 20.9 Å². The predicted molar refractivity (Wildman–Crippen MR) is 59.9 cm³/mol. The largest absolute Gasteiger partial charge is 0.355 e. The number of alkyl halides is 1. The third-order valence-electron chi connectivity index (χ3n) is 2.13. The Kier molecular flexibility index (Phi) is 4.15. The molecule has 1 aromatic rings. The maximum atomic E-state index is 11.5. The Morgan fingerprint density at radius 2 is 2.33 bits per heavy atom. The second-order valence-electron chi connectivity index (χ2n) is 3.32. The Labute approximate surface area is 94.6 Å². The number of carbonyl (C=O) groups is 1. The highest BCUT2D eigenvalue weighted by molar-refractivity contribution is 6.30. The molecular formula is C10H16ClN3O. The van der Waals surface area contributed by atoms with Crippen molar-refractivity contribution in [1.82, 2.24) is 15.1 Å². The van der Waals surface area contributed by atoms with Gasteiger partial charge in [-0.3, -0.25) is 9.48 Å². The maximum Gasteiger partial charge on any atom is 0.242 e. The Balaban J connectivity index is 2.89. The van der Waals surface area contributed by atoms with E-state index < -0.39 is 5.38 Å². The van der Waals surface area contributed by atoms with Crippen LogP contribution in [0.15, 0.2) is 6.20 Å². The highest BCUT2D eigenvalue weighted by atomic mass is 35.5. The van der Waals surface area contributed by atoms with E-state index in [2.05, 4.69) is 10.4 Å². The zero-order chi connectivity index (χ0) is 11.4. The van der Waals surface area contributed by atoms with Gasteiger partial charge in [0.25, 0.3) is 0 Å². The molecule has 0 aliphatic heterocycles. The number of aromatic nitrogens is 2. The predicted octanol–water partition coefficient (Wildman–Crippen LogP) is 1.40. The maximum absolute atomic E-state index is 11.5. The molecule has 0 fully saturated rings. The van der Waals surface area contributed by atoms with E-state index in [0.717, 1.165) is 17.7 Å². The van der Waals surface area contributed by atoms with Gasteiger partial charge in [-0.15, -0.1) is 11.6 Å². The van der Waals surface area contributed by atoms with Gasteiger partial charge >= 0.3 is 0 Å². The van der Waals surface area contributed by atoms with Gasteiger partial charge < -0.3 is 5.32 Å². The van der Waals surface area contributed by atoms with E-state index in [9.17, 15) is 4.79 Å². The van der Waals surface area contributed by atoms with Crippen molar-refractivity contribution in [3.63, 3.8) is 0 Å². The van der Waals surface area contributed by atoms with Gasteiger partial charge in [-0.25, -0.2) is 0 Å². The Morgan fingerprint density at radius 1 is 1.67 bits per heavy atom. The minimum atomic E-state index is -0.645. The van der Waals surface area contributed by atoms with E-state index >= 15 is 0 Å². The second-order valence-corrected chi connectivity index (χ2v) is 3.75. The summed E-state index contributed by atoms with van der Waals surface area (Å²) in [6.45, 7) is 4.45. The Morgan fingerprint density at radius 3 is 2.87 bits per heavy atom. The molecule has 0 aromatic carbocycles. The lowest BCUT2D eigenvalue weighted by Crippen LogP contribution is -2.26. The number of hydrogen-bond acceptors (Lipinski definition) is 2. The molecule has 15 heavy (non-hydrogen) atoms. The van der Waals surface area contributed by atoms with Crippen LogP contribution in [0.4, 0.5) is 0 Å². The first-order valence-corrected chi connectivity index (χ1v) is 5.48. The molecule has 84 valence electrons. The number of likely N-dealkylation sites (N-methyl/N-ethyl adjacent to an activating group) is 1. The fraction of sp³-hybridized carbons (Fsp3) is 0.600. The van der Waals surface area contributed by atoms with Gasteiger partial charge in [-0.05, 0) is 13.3 Å². The summed E-state index contributed by atoms with van der Waals surface area (Å²) in [5.41, 5.74) is 1.68. The van der Waals surface area contributed by atoms with Crippen molar-refractivity contribution in [3.8, 4) is 0 Å². The van der Waals surface area contributed by atoms with Crippen molar-refractivity contribution in [2.45, 2.75) is 25.6 Å². The number of amides is 1. The number of halogens is 1. The summed E-state index contributed by atoms with van der Waals surface area (Å²) in [6.07, 6.45) is 2.57. The number of aryl methyl sites for hydroxylation is 2. The molecule has 0 aliphatic carbocycles. The Bertz CT molecular complexity index is 348. The van der Waals surface area contributed by atoms with Crippen LogP contribution in [0.3, 0.4) is 0 Å². The van der Waals surface area contributed by atoms with Gasteiger partial charge in [0.05, 0.1) is 5.69 Å². The average molecular weight is 230 g/mol. The molecule has 0 saturated heterocycles. The minimum absolute atomic E-state index is 0.165. The van der Waals surface area contributed by atoms with Crippen molar-refractivity contribution in [2.75, 3.05) is 6.54 Å². The van der Waals surface area contributed by atoms with Crippen molar-refractivity contribution in [2.24, 2.45) is 7.05 Å². The van der Waals surface area contributed by atoms with E-state index in [4.69, 9.17) is 11.6 Å². The molecule has 0 bridgehead atoms. The van der Waals surface area contributed by atoms with Crippen molar-refractivity contribution >= 4 is 17.5 Å². The van der Waals surface area contributed by atoms with Gasteiger partial charge in [0.1, 0.15) is 5.38 Å². The first-order chi connectivity index (χ1) is 7.10. The van der Waals surface area contributed by atoms with Crippen LogP contribution in [0.5, 0.6) is 0 Å². The van der Waals surface area contributed by atoms with Gasteiger partial charge in [-0.1, -0.05) is 6.92 Å². The van der Waals surface area contributed by atoms with E-state index in [1.54, 1.807) is 10.9 Å². The van der Waals surface area contributed by atoms with Gasteiger partial charge in [-0.2, -0.15) is 5.10 Å². The molecule has 1 heterocycles. The lowest BCUT2D eigenvalue weighted by molar-refractivity contribution is -0.120. The van der Waals surface area contributed by atoms with Crippen LogP contribution < -0.4 is 5.32 Å². The Hall–Kier alpha value is -1.03. The molecule has 1 atom stereocenters. The topological polar surface area (TPSA) is 46.9 Å². The number of carbonyl (C=O) groups excluding carboxylic acids is 1. The molecule has 1 rings (SSSR count). The quantitative estimate of drug-likeness (QED) is 0.794. The van der Waals surface area contributed by atoms with Crippen LogP contribution in [-0.2, 0) is 18.3 Å². The molecule has 0 aliphatic rings. The van der Waals surface area contributed by atoms with Gasteiger partial charge in [0.15, 0.2) is 0 Å². The third-order valence-corrected chi connectivity index (χ3v) is 2.56. The summed E-state index contributed by atoms with van der Waals surface area (Å²) < 4.78 is 1.68. The highest BCUT2D eigenvalue weighted by Gasteiger charge is 2.21. The lowest BCUT2D eigenvalue weighted by Gasteiger charge is -2.08. The lowest BCUT2D eigenvalue weighted by atomic mass is 10.1. The summed E-state index contributed by atoms with van der Waals surface area (Å²) in [5, 5.41) is 6.30. The molecule has 0 spiro atoms. The minimum Gasteiger partial charge on any atom is -0.355 e. The second kappa shape index (κ2) is 5.16.